The molecule has 0 unspecified atom stereocenters. The van der Waals surface area contributed by atoms with Gasteiger partial charge in [-0.1, -0.05) is 18.5 Å². The molecule has 0 atom stereocenters. The second-order valence-corrected chi connectivity index (χ2v) is 4.64. The number of nitrogens with zero attached hydrogens (tertiary/aromatic N) is 3. The monoisotopic (exact) mass is 278 g/mol. The number of halogens is 1. The van der Waals surface area contributed by atoms with Crippen LogP contribution in [0.5, 0.6) is 0 Å². The summed E-state index contributed by atoms with van der Waals surface area (Å²) in [6.07, 6.45) is 2.33. The van der Waals surface area contributed by atoms with Gasteiger partial charge in [0.2, 0.25) is 0 Å². The first kappa shape index (κ1) is 13.5. The molecule has 0 fully saturated rings. The largest absolute Gasteiger partial charge is 0.319 e. The van der Waals surface area contributed by atoms with Gasteiger partial charge in [-0.2, -0.15) is 5.10 Å². The van der Waals surface area contributed by atoms with Crippen molar-refractivity contribution in [3.05, 3.63) is 40.4 Å². The number of amides is 1. The Morgan fingerprint density at radius 3 is 2.79 bits per heavy atom. The van der Waals surface area contributed by atoms with Gasteiger partial charge in [-0.25, -0.2) is 4.98 Å². The third-order valence-corrected chi connectivity index (χ3v) is 3.19. The highest BCUT2D eigenvalue weighted by Crippen LogP contribution is 2.17. The van der Waals surface area contributed by atoms with Crippen LogP contribution in [0, 0.1) is 6.92 Å². The average molecular weight is 279 g/mol. The van der Waals surface area contributed by atoms with Gasteiger partial charge >= 0.3 is 0 Å². The zero-order valence-corrected chi connectivity index (χ0v) is 11.8. The van der Waals surface area contributed by atoms with Crippen molar-refractivity contribution in [2.24, 2.45) is 7.05 Å². The Hall–Kier alpha value is -1.88. The molecule has 5 nitrogen and oxygen atoms in total. The van der Waals surface area contributed by atoms with E-state index in [-0.39, 0.29) is 5.91 Å². The Labute approximate surface area is 116 Å². The quantitative estimate of drug-likeness (QED) is 0.878. The highest BCUT2D eigenvalue weighted by Gasteiger charge is 2.13. The number of carbonyl (C=O) groups excluding carboxylic acids is 1. The number of rotatable bonds is 3. The minimum absolute atomic E-state index is 0.210. The minimum atomic E-state index is -0.210. The van der Waals surface area contributed by atoms with Crippen LogP contribution in [0.4, 0.5) is 5.69 Å². The van der Waals surface area contributed by atoms with Gasteiger partial charge in [-0.3, -0.25) is 9.48 Å². The van der Waals surface area contributed by atoms with E-state index in [1.807, 2.05) is 13.8 Å². The molecule has 0 aliphatic rings. The number of nitrogens with one attached hydrogen (secondary N) is 1. The fourth-order valence-electron chi connectivity index (χ4n) is 1.73. The van der Waals surface area contributed by atoms with E-state index in [0.29, 0.717) is 16.5 Å². The van der Waals surface area contributed by atoms with Crippen molar-refractivity contribution in [2.45, 2.75) is 20.3 Å². The molecule has 0 saturated carbocycles. The molecule has 0 aliphatic carbocycles. The van der Waals surface area contributed by atoms with E-state index < -0.39 is 0 Å². The molecule has 0 spiro atoms. The molecule has 2 aromatic heterocycles. The minimum Gasteiger partial charge on any atom is -0.319 e. The SMILES string of the molecule is CCc1cc(C(=O)Nc2cnc(Cl)c(C)c2)n(C)n1. The summed E-state index contributed by atoms with van der Waals surface area (Å²) in [6.45, 7) is 3.83. The number of anilines is 1. The number of aryl methyl sites for hydroxylation is 3. The van der Waals surface area contributed by atoms with Crippen LogP contribution in [0.3, 0.4) is 0 Å². The van der Waals surface area contributed by atoms with Crippen molar-refractivity contribution in [1.29, 1.82) is 0 Å². The van der Waals surface area contributed by atoms with Crippen LogP contribution in [0.1, 0.15) is 28.7 Å². The second kappa shape index (κ2) is 5.40. The Morgan fingerprint density at radius 2 is 2.21 bits per heavy atom. The highest BCUT2D eigenvalue weighted by molar-refractivity contribution is 6.30. The zero-order valence-electron chi connectivity index (χ0n) is 11.1. The van der Waals surface area contributed by atoms with Crippen molar-refractivity contribution in [1.82, 2.24) is 14.8 Å². The van der Waals surface area contributed by atoms with Gasteiger partial charge in [-0.05, 0) is 31.0 Å². The van der Waals surface area contributed by atoms with E-state index >= 15 is 0 Å². The molecule has 19 heavy (non-hydrogen) atoms. The molecule has 2 rings (SSSR count). The molecule has 0 saturated heterocycles. The van der Waals surface area contributed by atoms with E-state index in [1.165, 1.54) is 6.20 Å². The van der Waals surface area contributed by atoms with E-state index in [2.05, 4.69) is 15.4 Å². The zero-order chi connectivity index (χ0) is 14.0. The molecule has 2 aromatic rings. The second-order valence-electron chi connectivity index (χ2n) is 4.28. The van der Waals surface area contributed by atoms with Crippen molar-refractivity contribution >= 4 is 23.2 Å². The normalized spacial score (nSPS) is 10.5. The summed E-state index contributed by atoms with van der Waals surface area (Å²) in [5.74, 6) is -0.210. The van der Waals surface area contributed by atoms with Gasteiger partial charge in [0.1, 0.15) is 10.8 Å². The summed E-state index contributed by atoms with van der Waals surface area (Å²) in [4.78, 5) is 16.1. The van der Waals surface area contributed by atoms with E-state index in [0.717, 1.165) is 17.7 Å². The Balaban J connectivity index is 2.20. The Morgan fingerprint density at radius 1 is 1.47 bits per heavy atom. The molecule has 0 bridgehead atoms. The molecule has 100 valence electrons. The molecule has 2 heterocycles. The number of hydrogen-bond donors (Lipinski definition) is 1. The fraction of sp³-hybridized carbons (Fsp3) is 0.308. The average Bonchev–Trinajstić information content (AvgIpc) is 2.75. The topological polar surface area (TPSA) is 59.8 Å². The van der Waals surface area contributed by atoms with Crippen molar-refractivity contribution in [3.8, 4) is 0 Å². The maximum Gasteiger partial charge on any atom is 0.273 e. The van der Waals surface area contributed by atoms with Crippen molar-refractivity contribution in [3.63, 3.8) is 0 Å². The first-order chi connectivity index (χ1) is 9.01. The molecular weight excluding hydrogens is 264 g/mol. The summed E-state index contributed by atoms with van der Waals surface area (Å²) < 4.78 is 1.57. The maximum atomic E-state index is 12.1. The summed E-state index contributed by atoms with van der Waals surface area (Å²) >= 11 is 5.84. The molecule has 0 aliphatic heterocycles. The molecule has 0 aromatic carbocycles. The number of hydrogen-bond acceptors (Lipinski definition) is 3. The van der Waals surface area contributed by atoms with Gasteiger partial charge in [0.15, 0.2) is 0 Å². The maximum absolute atomic E-state index is 12.1. The number of aromatic nitrogens is 3. The summed E-state index contributed by atoms with van der Waals surface area (Å²) in [5, 5.41) is 7.46. The third kappa shape index (κ3) is 2.93. The lowest BCUT2D eigenvalue weighted by Crippen LogP contribution is -2.16. The van der Waals surface area contributed by atoms with Crippen LogP contribution in [0.25, 0.3) is 0 Å². The number of carbonyl (C=O) groups is 1. The summed E-state index contributed by atoms with van der Waals surface area (Å²) in [5.41, 5.74) is 2.84. The molecule has 6 heteroatoms. The molecule has 1 N–H and O–H groups in total. The molecule has 1 amide bonds. The van der Waals surface area contributed by atoms with E-state index in [4.69, 9.17) is 11.6 Å². The predicted molar refractivity (Wildman–Crippen MR) is 74.5 cm³/mol. The van der Waals surface area contributed by atoms with Crippen LogP contribution in [0.2, 0.25) is 5.15 Å². The summed E-state index contributed by atoms with van der Waals surface area (Å²) in [7, 11) is 1.75. The van der Waals surface area contributed by atoms with Crippen LogP contribution < -0.4 is 5.32 Å². The first-order valence-electron chi connectivity index (χ1n) is 5.97. The molecule has 0 radical (unpaired) electrons. The van der Waals surface area contributed by atoms with Gasteiger partial charge in [0.25, 0.3) is 5.91 Å². The lowest BCUT2D eigenvalue weighted by atomic mass is 10.2. The molecular formula is C13H15ClN4O. The van der Waals surface area contributed by atoms with E-state index in [1.54, 1.807) is 23.9 Å². The lowest BCUT2D eigenvalue weighted by Gasteiger charge is -2.06. The van der Waals surface area contributed by atoms with Gasteiger partial charge < -0.3 is 5.32 Å². The lowest BCUT2D eigenvalue weighted by molar-refractivity contribution is 0.101. The fourth-order valence-corrected chi connectivity index (χ4v) is 1.84. The Kier molecular flexibility index (Phi) is 3.85. The van der Waals surface area contributed by atoms with Crippen LogP contribution in [0.15, 0.2) is 18.3 Å². The Bertz CT molecular complexity index is 621. The summed E-state index contributed by atoms with van der Waals surface area (Å²) in [6, 6.07) is 3.57. The van der Waals surface area contributed by atoms with Gasteiger partial charge in [-0.15, -0.1) is 0 Å². The van der Waals surface area contributed by atoms with Gasteiger partial charge in [0.05, 0.1) is 17.6 Å². The highest BCUT2D eigenvalue weighted by atomic mass is 35.5. The third-order valence-electron chi connectivity index (χ3n) is 2.80. The predicted octanol–water partition coefficient (Wildman–Crippen LogP) is 2.59. The first-order valence-corrected chi connectivity index (χ1v) is 6.35. The number of pyridine rings is 1. The van der Waals surface area contributed by atoms with Crippen LogP contribution in [-0.2, 0) is 13.5 Å². The van der Waals surface area contributed by atoms with Crippen LogP contribution in [-0.4, -0.2) is 20.7 Å². The van der Waals surface area contributed by atoms with Crippen molar-refractivity contribution < 1.29 is 4.79 Å². The van der Waals surface area contributed by atoms with Crippen molar-refractivity contribution in [2.75, 3.05) is 5.32 Å². The van der Waals surface area contributed by atoms with Crippen LogP contribution >= 0.6 is 11.6 Å². The smallest absolute Gasteiger partial charge is 0.273 e. The van der Waals surface area contributed by atoms with Gasteiger partial charge in [0, 0.05) is 7.05 Å². The van der Waals surface area contributed by atoms with E-state index in [9.17, 15) is 4.79 Å². The standard InChI is InChI=1S/C13H15ClN4O/c1-4-9-6-11(18(3)17-9)13(19)16-10-5-8(2)12(14)15-7-10/h5-7H,4H2,1-3H3,(H,16,19).